The second-order valence-electron chi connectivity index (χ2n) is 11.1. The number of ketones is 1. The molecule has 2 N–H and O–H groups in total. The number of halogens is 2. The normalized spacial score (nSPS) is 21.7. The van der Waals surface area contributed by atoms with Gasteiger partial charge in [-0.3, -0.25) is 4.79 Å². The van der Waals surface area contributed by atoms with Crippen molar-refractivity contribution in [3.05, 3.63) is 70.9 Å². The molecule has 0 amide bonds. The fraction of sp³-hybridized carbons (Fsp3) is 0.516. The third-order valence-corrected chi connectivity index (χ3v) is 8.70. The first kappa shape index (κ1) is 27.2. The number of aromatic nitrogens is 1. The van der Waals surface area contributed by atoms with Gasteiger partial charge < -0.3 is 10.3 Å². The van der Waals surface area contributed by atoms with E-state index in [0.29, 0.717) is 30.6 Å². The number of Topliss-reactive ketones (excluding diaryl/α,β-unsaturated/α-hetero) is 1. The van der Waals surface area contributed by atoms with Crippen LogP contribution >= 0.6 is 24.0 Å². The molecule has 3 nitrogen and oxygen atoms in total. The molecule has 194 valence electrons. The average molecular weight is 528 g/mol. The van der Waals surface area contributed by atoms with E-state index in [1.54, 1.807) is 0 Å². The van der Waals surface area contributed by atoms with E-state index in [9.17, 15) is 4.79 Å². The van der Waals surface area contributed by atoms with Crippen LogP contribution in [0, 0.1) is 11.8 Å². The molecular weight excluding hydrogens is 487 g/mol. The van der Waals surface area contributed by atoms with Gasteiger partial charge in [-0.2, -0.15) is 0 Å². The maximum Gasteiger partial charge on any atom is 0.134 e. The zero-order valence-electron chi connectivity index (χ0n) is 21.2. The highest BCUT2D eigenvalue weighted by Crippen LogP contribution is 2.38. The van der Waals surface area contributed by atoms with Crippen molar-refractivity contribution in [2.45, 2.75) is 89.1 Å². The first-order chi connectivity index (χ1) is 17.1. The number of hydrogen-bond acceptors (Lipinski definition) is 2. The van der Waals surface area contributed by atoms with E-state index in [0.717, 1.165) is 48.7 Å². The average Bonchev–Trinajstić information content (AvgIpc) is 3.23. The maximum atomic E-state index is 13.4. The van der Waals surface area contributed by atoms with Crippen molar-refractivity contribution >= 4 is 40.7 Å². The molecule has 5 rings (SSSR count). The van der Waals surface area contributed by atoms with Crippen molar-refractivity contribution in [2.24, 2.45) is 17.6 Å². The lowest BCUT2D eigenvalue weighted by Gasteiger charge is -2.26. The summed E-state index contributed by atoms with van der Waals surface area (Å²) in [7, 11) is 0. The molecule has 3 aromatic rings. The van der Waals surface area contributed by atoms with Gasteiger partial charge in [-0.1, -0.05) is 61.2 Å². The summed E-state index contributed by atoms with van der Waals surface area (Å²) < 4.78 is 2.46. The van der Waals surface area contributed by atoms with Crippen molar-refractivity contribution in [2.75, 3.05) is 0 Å². The van der Waals surface area contributed by atoms with E-state index in [1.807, 2.05) is 18.2 Å². The molecule has 0 saturated heterocycles. The minimum Gasteiger partial charge on any atom is -0.347 e. The molecule has 2 saturated carbocycles. The minimum absolute atomic E-state index is 0. The quantitative estimate of drug-likeness (QED) is 0.320. The summed E-state index contributed by atoms with van der Waals surface area (Å²) in [5.41, 5.74) is 9.78. The van der Waals surface area contributed by atoms with Gasteiger partial charge in [0.05, 0.1) is 0 Å². The van der Waals surface area contributed by atoms with Crippen LogP contribution in [0.4, 0.5) is 0 Å². The Balaban J connectivity index is 0.00000304. The molecule has 0 radical (unpaired) electrons. The van der Waals surface area contributed by atoms with Crippen LogP contribution in [-0.4, -0.2) is 16.4 Å². The number of hydrogen-bond donors (Lipinski definition) is 1. The Labute approximate surface area is 227 Å². The molecule has 2 aromatic carbocycles. The monoisotopic (exact) mass is 526 g/mol. The van der Waals surface area contributed by atoms with E-state index >= 15 is 0 Å². The summed E-state index contributed by atoms with van der Waals surface area (Å²) >= 11 is 6.43. The largest absolute Gasteiger partial charge is 0.347 e. The highest BCUT2D eigenvalue weighted by Gasteiger charge is 2.26. The van der Waals surface area contributed by atoms with Crippen LogP contribution < -0.4 is 5.73 Å². The second kappa shape index (κ2) is 12.6. The van der Waals surface area contributed by atoms with Gasteiger partial charge in [0.1, 0.15) is 5.78 Å². The van der Waals surface area contributed by atoms with Gasteiger partial charge >= 0.3 is 0 Å². The van der Waals surface area contributed by atoms with E-state index in [2.05, 4.69) is 41.1 Å². The molecule has 1 atom stereocenters. The lowest BCUT2D eigenvalue weighted by Crippen LogP contribution is -2.27. The summed E-state index contributed by atoms with van der Waals surface area (Å²) in [5.74, 6) is 1.61. The summed E-state index contributed by atoms with van der Waals surface area (Å²) in [6, 6.07) is 17.2. The van der Waals surface area contributed by atoms with Gasteiger partial charge in [-0.25, -0.2) is 0 Å². The van der Waals surface area contributed by atoms with Gasteiger partial charge in [0.2, 0.25) is 0 Å². The Kier molecular flexibility index (Phi) is 9.55. The number of benzene rings is 2. The minimum atomic E-state index is 0. The molecule has 2 aliphatic carbocycles. The Hall–Kier alpha value is -1.81. The number of fused-ring (bicyclic) bond motifs is 1. The Bertz CT molecular complexity index is 1140. The van der Waals surface area contributed by atoms with E-state index in [4.69, 9.17) is 17.3 Å². The smallest absolute Gasteiger partial charge is 0.134 e. The molecule has 1 aromatic heterocycles. The molecule has 0 bridgehead atoms. The SMILES string of the molecule is Cl.NC1CCC(CC(=O)CC(c2cccc(Cl)c2)c2cn(CC3CCCCC3)c3ccccc23)CC1. The number of nitrogens with two attached hydrogens (primary N) is 1. The van der Waals surface area contributed by atoms with Crippen molar-refractivity contribution < 1.29 is 4.79 Å². The number of carbonyl (C=O) groups excluding carboxylic acids is 1. The lowest BCUT2D eigenvalue weighted by molar-refractivity contribution is -0.120. The van der Waals surface area contributed by atoms with E-state index in [1.165, 1.54) is 48.6 Å². The van der Waals surface area contributed by atoms with Crippen LogP contribution in [0.25, 0.3) is 10.9 Å². The van der Waals surface area contributed by atoms with Crippen LogP contribution in [-0.2, 0) is 11.3 Å². The fourth-order valence-corrected chi connectivity index (χ4v) is 6.71. The molecule has 5 heteroatoms. The predicted octanol–water partition coefficient (Wildman–Crippen LogP) is 8.30. The molecule has 0 aliphatic heterocycles. The third kappa shape index (κ3) is 6.54. The molecule has 2 aliphatic rings. The zero-order valence-corrected chi connectivity index (χ0v) is 22.8. The number of rotatable bonds is 8. The van der Waals surface area contributed by atoms with Crippen LogP contribution in [0.3, 0.4) is 0 Å². The summed E-state index contributed by atoms with van der Waals surface area (Å²) in [6.45, 7) is 1.07. The van der Waals surface area contributed by atoms with E-state index < -0.39 is 0 Å². The van der Waals surface area contributed by atoms with Gasteiger partial charge in [0, 0.05) is 53.5 Å². The third-order valence-electron chi connectivity index (χ3n) is 8.47. The summed E-state index contributed by atoms with van der Waals surface area (Å²) in [6.07, 6.45) is 14.5. The number of nitrogens with zero attached hydrogens (tertiary/aromatic N) is 1. The predicted molar refractivity (Wildman–Crippen MR) is 153 cm³/mol. The Morgan fingerprint density at radius 3 is 2.44 bits per heavy atom. The van der Waals surface area contributed by atoms with Crippen LogP contribution in [0.5, 0.6) is 0 Å². The first-order valence-corrected chi connectivity index (χ1v) is 14.0. The zero-order chi connectivity index (χ0) is 24.2. The topological polar surface area (TPSA) is 48.0 Å². The summed E-state index contributed by atoms with van der Waals surface area (Å²) in [4.78, 5) is 13.4. The standard InChI is InChI=1S/C31H39ClN2O.ClH/c32-25-10-6-9-24(18-25)29(19-27(35)17-22-13-15-26(33)16-14-22)30-21-34(20-23-7-2-1-3-8-23)31-12-5-4-11-28(30)31;/h4-6,9-12,18,21-23,26,29H,1-3,7-8,13-17,19-20,33H2;1H. The van der Waals surface area contributed by atoms with Gasteiger partial charge in [-0.15, -0.1) is 12.4 Å². The first-order valence-electron chi connectivity index (χ1n) is 13.7. The summed E-state index contributed by atoms with van der Waals surface area (Å²) in [5, 5.41) is 2.00. The Morgan fingerprint density at radius 1 is 0.944 bits per heavy atom. The van der Waals surface area contributed by atoms with Crippen molar-refractivity contribution in [1.29, 1.82) is 0 Å². The molecule has 1 unspecified atom stereocenters. The highest BCUT2D eigenvalue weighted by molar-refractivity contribution is 6.30. The molecule has 36 heavy (non-hydrogen) atoms. The van der Waals surface area contributed by atoms with Crippen molar-refractivity contribution in [3.63, 3.8) is 0 Å². The van der Waals surface area contributed by atoms with Crippen LogP contribution in [0.15, 0.2) is 54.7 Å². The molecular formula is C31H40Cl2N2O. The Morgan fingerprint density at radius 2 is 1.69 bits per heavy atom. The lowest BCUT2D eigenvalue weighted by atomic mass is 9.80. The van der Waals surface area contributed by atoms with E-state index in [-0.39, 0.29) is 18.3 Å². The van der Waals surface area contributed by atoms with Crippen LogP contribution in [0.1, 0.15) is 87.7 Å². The molecule has 0 spiro atoms. The number of para-hydroxylation sites is 1. The van der Waals surface area contributed by atoms with Gasteiger partial charge in [0.25, 0.3) is 0 Å². The van der Waals surface area contributed by atoms with Gasteiger partial charge in [0.15, 0.2) is 0 Å². The fourth-order valence-electron chi connectivity index (χ4n) is 6.51. The van der Waals surface area contributed by atoms with Crippen molar-refractivity contribution in [1.82, 2.24) is 4.57 Å². The second-order valence-corrected chi connectivity index (χ2v) is 11.5. The maximum absolute atomic E-state index is 13.4. The molecule has 1 heterocycles. The van der Waals surface area contributed by atoms with Gasteiger partial charge in [-0.05, 0) is 79.7 Å². The highest BCUT2D eigenvalue weighted by atomic mass is 35.5. The van der Waals surface area contributed by atoms with Crippen LogP contribution in [0.2, 0.25) is 5.02 Å². The molecule has 2 fully saturated rings. The number of carbonyl (C=O) groups is 1. The van der Waals surface area contributed by atoms with Crippen molar-refractivity contribution in [3.8, 4) is 0 Å².